The zero-order valence-corrected chi connectivity index (χ0v) is 15.2. The molecule has 0 spiro atoms. The van der Waals surface area contributed by atoms with Gasteiger partial charge in [-0.05, 0) is 26.5 Å². The maximum absolute atomic E-state index is 12.4. The van der Waals surface area contributed by atoms with Crippen molar-refractivity contribution < 1.29 is 19.1 Å². The topological polar surface area (TPSA) is 70.2 Å². The summed E-state index contributed by atoms with van der Waals surface area (Å²) in [5.41, 5.74) is 2.05. The summed E-state index contributed by atoms with van der Waals surface area (Å²) >= 11 is 0. The summed E-state index contributed by atoms with van der Waals surface area (Å²) in [6.07, 6.45) is 1.53. The number of ether oxygens (including phenoxy) is 1. The third kappa shape index (κ3) is 4.17. The second-order valence-electron chi connectivity index (χ2n) is 6.30. The number of nitrogens with zero attached hydrogens (tertiary/aromatic N) is 3. The van der Waals surface area contributed by atoms with Gasteiger partial charge in [-0.2, -0.15) is 0 Å². The molecule has 1 fully saturated rings. The molecule has 136 valence electrons. The van der Waals surface area contributed by atoms with Crippen LogP contribution in [-0.2, 0) is 16.1 Å². The van der Waals surface area contributed by atoms with Crippen LogP contribution in [0.15, 0.2) is 18.2 Å². The highest BCUT2D eigenvalue weighted by molar-refractivity contribution is 6.44. The van der Waals surface area contributed by atoms with Crippen molar-refractivity contribution in [2.24, 2.45) is 0 Å². The Labute approximate surface area is 148 Å². The predicted octanol–water partition coefficient (Wildman–Crippen LogP) is 1.98. The normalized spacial score (nSPS) is 14.8. The lowest BCUT2D eigenvalue weighted by Crippen LogP contribution is -2.40. The smallest absolute Gasteiger partial charge is 0.335 e. The lowest BCUT2D eigenvalue weighted by atomic mass is 10.1. The van der Waals surface area contributed by atoms with E-state index in [9.17, 15) is 14.4 Å². The Kier molecular flexibility index (Phi) is 6.14. The number of imide groups is 2. The van der Waals surface area contributed by atoms with E-state index in [2.05, 4.69) is 0 Å². The van der Waals surface area contributed by atoms with Crippen LogP contribution in [0.2, 0.25) is 0 Å². The maximum atomic E-state index is 12.4. The van der Waals surface area contributed by atoms with E-state index in [1.807, 2.05) is 36.9 Å². The number of carbonyl (C=O) groups is 3. The van der Waals surface area contributed by atoms with E-state index in [4.69, 9.17) is 4.74 Å². The third-order valence-electron chi connectivity index (χ3n) is 4.13. The fraction of sp³-hybridized carbons (Fsp3) is 0.500. The highest BCUT2D eigenvalue weighted by Crippen LogP contribution is 2.22. The highest BCUT2D eigenvalue weighted by Gasteiger charge is 2.44. The largest absolute Gasteiger partial charge is 0.496 e. The Balaban J connectivity index is 2.06. The van der Waals surface area contributed by atoms with Crippen molar-refractivity contribution in [2.45, 2.75) is 33.2 Å². The Bertz CT molecular complexity index is 674. The molecule has 1 saturated heterocycles. The van der Waals surface area contributed by atoms with Crippen LogP contribution in [0.1, 0.15) is 30.9 Å². The number of urea groups is 1. The van der Waals surface area contributed by atoms with Gasteiger partial charge in [-0.3, -0.25) is 19.4 Å². The highest BCUT2D eigenvalue weighted by atomic mass is 16.5. The van der Waals surface area contributed by atoms with Crippen LogP contribution in [0.3, 0.4) is 0 Å². The van der Waals surface area contributed by atoms with Gasteiger partial charge in [-0.15, -0.1) is 0 Å². The minimum atomic E-state index is -0.760. The molecular formula is C18H25N3O4. The van der Waals surface area contributed by atoms with Gasteiger partial charge >= 0.3 is 17.8 Å². The first-order valence-corrected chi connectivity index (χ1v) is 8.38. The van der Waals surface area contributed by atoms with Crippen LogP contribution >= 0.6 is 0 Å². The standard InChI is InChI=1S/C18H25N3O4/c1-5-6-9-20-16(22)17(23)21(18(20)24)12-19(3)11-14-10-13(2)7-8-15(14)25-4/h7-8,10H,5-6,9,11-12H2,1-4H3. The molecule has 1 aromatic carbocycles. The van der Waals surface area contributed by atoms with Crippen molar-refractivity contribution in [1.82, 2.24) is 14.7 Å². The van der Waals surface area contributed by atoms with Crippen LogP contribution in [0.4, 0.5) is 4.79 Å². The van der Waals surface area contributed by atoms with Gasteiger partial charge in [-0.1, -0.05) is 31.0 Å². The van der Waals surface area contributed by atoms with Gasteiger partial charge in [0, 0.05) is 18.7 Å². The monoisotopic (exact) mass is 347 g/mol. The van der Waals surface area contributed by atoms with Gasteiger partial charge in [0.2, 0.25) is 0 Å². The van der Waals surface area contributed by atoms with Crippen molar-refractivity contribution >= 4 is 17.8 Å². The van der Waals surface area contributed by atoms with Crippen LogP contribution in [-0.4, -0.2) is 59.9 Å². The second-order valence-corrected chi connectivity index (χ2v) is 6.30. The molecule has 0 N–H and O–H groups in total. The second kappa shape index (κ2) is 8.11. The molecule has 0 bridgehead atoms. The number of aryl methyl sites for hydroxylation is 1. The molecule has 1 aliphatic rings. The van der Waals surface area contributed by atoms with Crippen LogP contribution in [0, 0.1) is 6.92 Å². The first-order valence-electron chi connectivity index (χ1n) is 8.38. The minimum absolute atomic E-state index is 0.0587. The number of rotatable bonds is 8. The predicted molar refractivity (Wildman–Crippen MR) is 92.9 cm³/mol. The van der Waals surface area contributed by atoms with E-state index < -0.39 is 17.8 Å². The molecular weight excluding hydrogens is 322 g/mol. The van der Waals surface area contributed by atoms with Crippen molar-refractivity contribution in [3.8, 4) is 5.75 Å². The number of hydrogen-bond donors (Lipinski definition) is 0. The molecule has 2 rings (SSSR count). The van der Waals surface area contributed by atoms with E-state index in [1.165, 1.54) is 0 Å². The summed E-state index contributed by atoms with van der Waals surface area (Å²) < 4.78 is 5.36. The van der Waals surface area contributed by atoms with E-state index in [1.54, 1.807) is 14.2 Å². The average molecular weight is 347 g/mol. The van der Waals surface area contributed by atoms with E-state index in [0.29, 0.717) is 13.0 Å². The summed E-state index contributed by atoms with van der Waals surface area (Å²) in [4.78, 5) is 40.3. The van der Waals surface area contributed by atoms with Gasteiger partial charge in [0.1, 0.15) is 5.75 Å². The first kappa shape index (κ1) is 18.9. The molecule has 1 aliphatic heterocycles. The molecule has 1 aromatic rings. The van der Waals surface area contributed by atoms with Gasteiger partial charge in [0.15, 0.2) is 0 Å². The Hall–Kier alpha value is -2.41. The lowest BCUT2D eigenvalue weighted by Gasteiger charge is -2.23. The quantitative estimate of drug-likeness (QED) is 0.531. The zero-order chi connectivity index (χ0) is 18.6. The Morgan fingerprint density at radius 1 is 1.12 bits per heavy atom. The molecule has 4 amide bonds. The average Bonchev–Trinajstić information content (AvgIpc) is 2.77. The lowest BCUT2D eigenvalue weighted by molar-refractivity contribution is -0.143. The fourth-order valence-electron chi connectivity index (χ4n) is 2.80. The van der Waals surface area contributed by atoms with E-state index in [0.717, 1.165) is 33.1 Å². The van der Waals surface area contributed by atoms with Crippen LogP contribution in [0.5, 0.6) is 5.75 Å². The minimum Gasteiger partial charge on any atom is -0.496 e. The molecule has 25 heavy (non-hydrogen) atoms. The zero-order valence-electron chi connectivity index (χ0n) is 15.2. The summed E-state index contributed by atoms with van der Waals surface area (Å²) in [6.45, 7) is 4.79. The van der Waals surface area contributed by atoms with Crippen LogP contribution in [0.25, 0.3) is 0 Å². The Morgan fingerprint density at radius 2 is 1.80 bits per heavy atom. The molecule has 0 radical (unpaired) electrons. The van der Waals surface area contributed by atoms with Crippen molar-refractivity contribution in [3.05, 3.63) is 29.3 Å². The number of carbonyl (C=O) groups excluding carboxylic acids is 3. The van der Waals surface area contributed by atoms with Crippen molar-refractivity contribution in [2.75, 3.05) is 27.4 Å². The molecule has 7 heteroatoms. The summed E-state index contributed by atoms with van der Waals surface area (Å²) in [7, 11) is 3.40. The van der Waals surface area contributed by atoms with Gasteiger partial charge in [0.25, 0.3) is 0 Å². The number of amides is 4. The van der Waals surface area contributed by atoms with Gasteiger partial charge < -0.3 is 4.74 Å². The van der Waals surface area contributed by atoms with E-state index in [-0.39, 0.29) is 13.2 Å². The number of unbranched alkanes of at least 4 members (excludes halogenated alkanes) is 1. The first-order chi connectivity index (χ1) is 11.9. The molecule has 0 atom stereocenters. The van der Waals surface area contributed by atoms with Crippen molar-refractivity contribution in [1.29, 1.82) is 0 Å². The van der Waals surface area contributed by atoms with Crippen LogP contribution < -0.4 is 4.74 Å². The Morgan fingerprint density at radius 3 is 2.44 bits per heavy atom. The SMILES string of the molecule is CCCCN1C(=O)C(=O)N(CN(C)Cc2cc(C)ccc2OC)C1=O. The summed E-state index contributed by atoms with van der Waals surface area (Å²) in [6, 6.07) is 5.31. The molecule has 0 saturated carbocycles. The fourth-order valence-corrected chi connectivity index (χ4v) is 2.80. The van der Waals surface area contributed by atoms with Gasteiger partial charge in [-0.25, -0.2) is 9.69 Å². The molecule has 7 nitrogen and oxygen atoms in total. The number of hydrogen-bond acceptors (Lipinski definition) is 5. The summed E-state index contributed by atoms with van der Waals surface area (Å²) in [5.74, 6) is -0.749. The maximum Gasteiger partial charge on any atom is 0.335 e. The summed E-state index contributed by atoms with van der Waals surface area (Å²) in [5, 5.41) is 0. The molecule has 0 unspecified atom stereocenters. The molecule has 0 aromatic heterocycles. The molecule has 0 aliphatic carbocycles. The third-order valence-corrected chi connectivity index (χ3v) is 4.13. The molecule has 1 heterocycles. The number of methoxy groups -OCH3 is 1. The van der Waals surface area contributed by atoms with Gasteiger partial charge in [0.05, 0.1) is 13.8 Å². The number of benzene rings is 1. The van der Waals surface area contributed by atoms with E-state index >= 15 is 0 Å². The van der Waals surface area contributed by atoms with Crippen molar-refractivity contribution in [3.63, 3.8) is 0 Å².